The average Bonchev–Trinajstić information content (AvgIpc) is 2.37. The number of amides is 1. The summed E-state index contributed by atoms with van der Waals surface area (Å²) in [5.41, 5.74) is 2.75. The van der Waals surface area contributed by atoms with Crippen molar-refractivity contribution in [3.63, 3.8) is 0 Å². The zero-order valence-electron chi connectivity index (χ0n) is 13.5. The van der Waals surface area contributed by atoms with Crippen LogP contribution in [0.5, 0.6) is 0 Å². The van der Waals surface area contributed by atoms with Crippen LogP contribution in [0.2, 0.25) is 0 Å². The van der Waals surface area contributed by atoms with Crippen LogP contribution < -0.4 is 5.32 Å². The Morgan fingerprint density at radius 2 is 1.64 bits per heavy atom. The van der Waals surface area contributed by atoms with Crippen molar-refractivity contribution >= 4 is 33.0 Å². The van der Waals surface area contributed by atoms with E-state index in [9.17, 15) is 13.2 Å². The van der Waals surface area contributed by atoms with Crippen molar-refractivity contribution in [2.24, 2.45) is 0 Å². The van der Waals surface area contributed by atoms with Crippen molar-refractivity contribution < 1.29 is 13.2 Å². The number of anilines is 1. The molecule has 1 aromatic rings. The fraction of sp³-hybridized carbons (Fsp3) is 0.562. The highest BCUT2D eigenvalue weighted by Gasteiger charge is 2.20. The number of hydrogen-bond donors (Lipinski definition) is 1. The fourth-order valence-electron chi connectivity index (χ4n) is 2.26. The highest BCUT2D eigenvalue weighted by Crippen LogP contribution is 2.32. The van der Waals surface area contributed by atoms with Crippen molar-refractivity contribution in [3.8, 4) is 0 Å². The van der Waals surface area contributed by atoms with E-state index in [1.165, 1.54) is 0 Å². The van der Waals surface area contributed by atoms with Gasteiger partial charge in [0, 0.05) is 11.6 Å². The summed E-state index contributed by atoms with van der Waals surface area (Å²) >= 11 is 5.45. The number of hydrogen-bond acceptors (Lipinski definition) is 3. The number of sulfone groups is 1. The molecule has 1 amide bonds. The first-order valence-corrected chi connectivity index (χ1v) is 9.72. The van der Waals surface area contributed by atoms with E-state index in [2.05, 4.69) is 5.32 Å². The molecule has 0 aromatic heterocycles. The summed E-state index contributed by atoms with van der Waals surface area (Å²) in [4.78, 5) is 12.1. The smallest absolute Gasteiger partial charge is 0.239 e. The van der Waals surface area contributed by atoms with Gasteiger partial charge in [0.2, 0.25) is 5.91 Å². The molecule has 0 saturated heterocycles. The van der Waals surface area contributed by atoms with Gasteiger partial charge in [-0.15, -0.1) is 11.6 Å². The van der Waals surface area contributed by atoms with Gasteiger partial charge < -0.3 is 5.32 Å². The van der Waals surface area contributed by atoms with Gasteiger partial charge in [0.15, 0.2) is 9.84 Å². The number of rotatable bonds is 7. The molecule has 0 fully saturated rings. The molecular formula is C16H24ClNO3S. The minimum absolute atomic E-state index is 0.00453. The zero-order valence-corrected chi connectivity index (χ0v) is 15.1. The lowest BCUT2D eigenvalue weighted by molar-refractivity contribution is -0.113. The maximum atomic E-state index is 12.1. The van der Waals surface area contributed by atoms with Gasteiger partial charge in [-0.1, -0.05) is 45.9 Å². The Labute approximate surface area is 138 Å². The van der Waals surface area contributed by atoms with Gasteiger partial charge in [-0.25, -0.2) is 8.42 Å². The van der Waals surface area contributed by atoms with E-state index in [0.29, 0.717) is 0 Å². The second-order valence-electron chi connectivity index (χ2n) is 5.95. The van der Waals surface area contributed by atoms with Crippen molar-refractivity contribution in [2.45, 2.75) is 39.5 Å². The number of para-hydroxylation sites is 1. The van der Waals surface area contributed by atoms with Crippen LogP contribution in [0, 0.1) is 0 Å². The largest absolute Gasteiger partial charge is 0.325 e. The Bertz CT molecular complexity index is 598. The van der Waals surface area contributed by atoms with Gasteiger partial charge in [0.05, 0.1) is 5.75 Å². The molecule has 0 aliphatic carbocycles. The van der Waals surface area contributed by atoms with E-state index in [1.54, 1.807) is 0 Å². The van der Waals surface area contributed by atoms with Crippen LogP contribution in [-0.2, 0) is 14.6 Å². The number of alkyl halides is 1. The third-order valence-electron chi connectivity index (χ3n) is 3.38. The predicted molar refractivity (Wildman–Crippen MR) is 92.6 cm³/mol. The standard InChI is InChI=1S/C16H24ClNO3S/c1-11(2)13-6-5-7-14(12(3)4)16(13)18-15(19)10-22(20,21)9-8-17/h5-7,11-12H,8-10H2,1-4H3,(H,18,19). The molecule has 0 aliphatic rings. The van der Waals surface area contributed by atoms with Gasteiger partial charge in [-0.3, -0.25) is 4.79 Å². The van der Waals surface area contributed by atoms with Crippen LogP contribution >= 0.6 is 11.6 Å². The van der Waals surface area contributed by atoms with Crippen LogP contribution in [0.3, 0.4) is 0 Å². The molecule has 0 atom stereocenters. The maximum Gasteiger partial charge on any atom is 0.239 e. The minimum Gasteiger partial charge on any atom is -0.325 e. The Morgan fingerprint density at radius 3 is 2.05 bits per heavy atom. The molecule has 1 rings (SSSR count). The van der Waals surface area contributed by atoms with Crippen molar-refractivity contribution in [1.82, 2.24) is 0 Å². The fourth-order valence-corrected chi connectivity index (χ4v) is 3.82. The molecule has 0 saturated carbocycles. The molecule has 0 radical (unpaired) electrons. The first-order valence-electron chi connectivity index (χ1n) is 7.37. The van der Waals surface area contributed by atoms with E-state index in [0.717, 1.165) is 16.8 Å². The van der Waals surface area contributed by atoms with E-state index >= 15 is 0 Å². The summed E-state index contributed by atoms with van der Waals surface area (Å²) in [6, 6.07) is 5.88. The Morgan fingerprint density at radius 1 is 1.14 bits per heavy atom. The summed E-state index contributed by atoms with van der Waals surface area (Å²) < 4.78 is 23.4. The maximum absolute atomic E-state index is 12.1. The van der Waals surface area contributed by atoms with Crippen LogP contribution in [0.15, 0.2) is 18.2 Å². The molecule has 22 heavy (non-hydrogen) atoms. The van der Waals surface area contributed by atoms with E-state index in [4.69, 9.17) is 11.6 Å². The Balaban J connectivity index is 3.08. The van der Waals surface area contributed by atoms with Crippen molar-refractivity contribution in [1.29, 1.82) is 0 Å². The summed E-state index contributed by atoms with van der Waals surface area (Å²) in [6.45, 7) is 8.16. The van der Waals surface area contributed by atoms with Crippen molar-refractivity contribution in [3.05, 3.63) is 29.3 Å². The molecule has 6 heteroatoms. The lowest BCUT2D eigenvalue weighted by atomic mass is 9.92. The first-order chi connectivity index (χ1) is 10.2. The van der Waals surface area contributed by atoms with E-state index in [-0.39, 0.29) is 23.5 Å². The molecule has 4 nitrogen and oxygen atoms in total. The summed E-state index contributed by atoms with van der Waals surface area (Å²) in [7, 11) is -3.46. The first kappa shape index (κ1) is 19.0. The third-order valence-corrected chi connectivity index (χ3v) is 5.32. The molecule has 124 valence electrons. The van der Waals surface area contributed by atoms with Crippen molar-refractivity contribution in [2.75, 3.05) is 22.7 Å². The Kier molecular flexibility index (Phi) is 6.88. The normalized spacial score (nSPS) is 12.0. The SMILES string of the molecule is CC(C)c1cccc(C(C)C)c1NC(=O)CS(=O)(=O)CCCl. The summed E-state index contributed by atoms with van der Waals surface area (Å²) in [6.07, 6.45) is 0. The van der Waals surface area contributed by atoms with Crippen LogP contribution in [0.4, 0.5) is 5.69 Å². The quantitative estimate of drug-likeness (QED) is 0.769. The molecule has 0 spiro atoms. The number of benzene rings is 1. The number of carbonyl (C=O) groups is 1. The lowest BCUT2D eigenvalue weighted by Gasteiger charge is -2.20. The van der Waals surface area contributed by atoms with E-state index < -0.39 is 21.5 Å². The average molecular weight is 346 g/mol. The highest BCUT2D eigenvalue weighted by atomic mass is 35.5. The molecule has 0 aliphatic heterocycles. The van der Waals surface area contributed by atoms with Gasteiger partial charge >= 0.3 is 0 Å². The van der Waals surface area contributed by atoms with Gasteiger partial charge in [-0.05, 0) is 23.0 Å². The molecular weight excluding hydrogens is 322 g/mol. The zero-order chi connectivity index (χ0) is 16.9. The molecule has 0 unspecified atom stereocenters. The van der Waals surface area contributed by atoms with Crippen LogP contribution in [-0.4, -0.2) is 31.7 Å². The minimum atomic E-state index is -3.46. The van der Waals surface area contributed by atoms with Gasteiger partial charge in [0.25, 0.3) is 0 Å². The molecule has 0 heterocycles. The lowest BCUT2D eigenvalue weighted by Crippen LogP contribution is -2.26. The monoisotopic (exact) mass is 345 g/mol. The van der Waals surface area contributed by atoms with Gasteiger partial charge in [0.1, 0.15) is 5.75 Å². The molecule has 1 aromatic carbocycles. The predicted octanol–water partition coefficient (Wildman–Crippen LogP) is 3.53. The topological polar surface area (TPSA) is 63.2 Å². The number of nitrogens with one attached hydrogen (secondary N) is 1. The van der Waals surface area contributed by atoms with Gasteiger partial charge in [-0.2, -0.15) is 0 Å². The van der Waals surface area contributed by atoms with E-state index in [1.807, 2.05) is 45.9 Å². The number of halogens is 1. The third kappa shape index (κ3) is 5.29. The Hall–Kier alpha value is -1.07. The summed E-state index contributed by atoms with van der Waals surface area (Å²) in [5.74, 6) is -0.786. The molecule has 1 N–H and O–H groups in total. The number of carbonyl (C=O) groups excluding carboxylic acids is 1. The second-order valence-corrected chi connectivity index (χ2v) is 8.51. The molecule has 0 bridgehead atoms. The summed E-state index contributed by atoms with van der Waals surface area (Å²) in [5, 5.41) is 2.80. The van der Waals surface area contributed by atoms with Crippen LogP contribution in [0.25, 0.3) is 0 Å². The highest BCUT2D eigenvalue weighted by molar-refractivity contribution is 7.92. The van der Waals surface area contributed by atoms with Crippen LogP contribution in [0.1, 0.15) is 50.7 Å². The second kappa shape index (κ2) is 7.97.